The quantitative estimate of drug-likeness (QED) is 0.606. The van der Waals surface area contributed by atoms with E-state index in [-0.39, 0.29) is 36.1 Å². The van der Waals surface area contributed by atoms with Gasteiger partial charge in [-0.05, 0) is 36.5 Å². The number of furan rings is 1. The van der Waals surface area contributed by atoms with Crippen molar-refractivity contribution in [2.75, 3.05) is 26.2 Å². The highest BCUT2D eigenvalue weighted by atomic mass is 35.5. The normalized spacial score (nSPS) is 21.9. The molecule has 166 valence electrons. The molecule has 6 nitrogen and oxygen atoms in total. The predicted octanol–water partition coefficient (Wildman–Crippen LogP) is 3.66. The molecule has 2 fully saturated rings. The second-order valence-corrected chi connectivity index (χ2v) is 8.36. The number of fused-ring (bicyclic) bond motifs is 1. The number of likely N-dealkylation sites (tertiary alicyclic amines) is 1. The maximum Gasteiger partial charge on any atom is 0.289 e. The average molecular weight is 463 g/mol. The van der Waals surface area contributed by atoms with E-state index in [2.05, 4.69) is 40.6 Å². The highest BCUT2D eigenvalue weighted by molar-refractivity contribution is 5.91. The Balaban J connectivity index is 0.00000136. The number of aromatic nitrogens is 2. The lowest BCUT2D eigenvalue weighted by Crippen LogP contribution is -2.35. The van der Waals surface area contributed by atoms with E-state index in [1.807, 2.05) is 21.7 Å². The van der Waals surface area contributed by atoms with E-state index in [9.17, 15) is 4.79 Å². The molecule has 8 heteroatoms. The SMILES string of the molecule is Cl.Cl.O=C(c1ccc(Cn2ccnc2)o1)N1CC2CNCC2(CCc2ccccc2)C1. The fourth-order valence-electron chi connectivity index (χ4n) is 4.87. The van der Waals surface area contributed by atoms with Gasteiger partial charge in [-0.2, -0.15) is 0 Å². The molecule has 1 aromatic carbocycles. The fraction of sp³-hybridized carbons (Fsp3) is 0.391. The molecular weight excluding hydrogens is 435 g/mol. The highest BCUT2D eigenvalue weighted by Crippen LogP contribution is 2.43. The number of carbonyl (C=O) groups is 1. The molecule has 0 saturated carbocycles. The van der Waals surface area contributed by atoms with Crippen LogP contribution in [0.2, 0.25) is 0 Å². The van der Waals surface area contributed by atoms with Gasteiger partial charge in [-0.15, -0.1) is 24.8 Å². The highest BCUT2D eigenvalue weighted by Gasteiger charge is 2.50. The van der Waals surface area contributed by atoms with E-state index < -0.39 is 0 Å². The topological polar surface area (TPSA) is 63.3 Å². The van der Waals surface area contributed by atoms with Crippen molar-refractivity contribution in [2.45, 2.75) is 19.4 Å². The number of hydrogen-bond donors (Lipinski definition) is 1. The first kappa shape index (κ1) is 23.4. The van der Waals surface area contributed by atoms with Crippen LogP contribution in [-0.4, -0.2) is 46.5 Å². The zero-order valence-electron chi connectivity index (χ0n) is 17.3. The third-order valence-electron chi connectivity index (χ3n) is 6.49. The Morgan fingerprint density at radius 1 is 1.19 bits per heavy atom. The van der Waals surface area contributed by atoms with Crippen LogP contribution in [0.25, 0.3) is 0 Å². The molecule has 2 aromatic heterocycles. The van der Waals surface area contributed by atoms with Gasteiger partial charge in [0, 0.05) is 44.0 Å². The Morgan fingerprint density at radius 2 is 2.03 bits per heavy atom. The number of amides is 1. The molecule has 1 amide bonds. The number of imidazole rings is 1. The zero-order valence-corrected chi connectivity index (χ0v) is 18.9. The summed E-state index contributed by atoms with van der Waals surface area (Å²) in [6.45, 7) is 4.16. The van der Waals surface area contributed by atoms with Gasteiger partial charge in [-0.1, -0.05) is 30.3 Å². The van der Waals surface area contributed by atoms with Crippen molar-refractivity contribution in [1.29, 1.82) is 0 Å². The summed E-state index contributed by atoms with van der Waals surface area (Å²) in [7, 11) is 0. The van der Waals surface area contributed by atoms with Gasteiger partial charge >= 0.3 is 0 Å². The molecule has 2 aliphatic rings. The molecule has 5 rings (SSSR count). The summed E-state index contributed by atoms with van der Waals surface area (Å²) in [4.78, 5) is 19.1. The molecule has 3 aromatic rings. The van der Waals surface area contributed by atoms with E-state index in [0.717, 1.165) is 44.8 Å². The summed E-state index contributed by atoms with van der Waals surface area (Å²) in [5.41, 5.74) is 1.53. The number of halogens is 2. The number of benzene rings is 1. The Bertz CT molecular complexity index is 977. The molecule has 2 atom stereocenters. The van der Waals surface area contributed by atoms with E-state index in [4.69, 9.17) is 4.42 Å². The van der Waals surface area contributed by atoms with Crippen molar-refractivity contribution in [3.8, 4) is 0 Å². The first-order valence-corrected chi connectivity index (χ1v) is 10.3. The van der Waals surface area contributed by atoms with Crippen LogP contribution in [0.4, 0.5) is 0 Å². The van der Waals surface area contributed by atoms with Crippen molar-refractivity contribution in [3.63, 3.8) is 0 Å². The van der Waals surface area contributed by atoms with E-state index >= 15 is 0 Å². The minimum absolute atomic E-state index is 0. The molecular formula is C23H28Cl2N4O2. The van der Waals surface area contributed by atoms with Crippen molar-refractivity contribution in [3.05, 3.63) is 78.3 Å². The standard InChI is InChI=1S/C23H26N4O2.2ClH/c28-22(21-7-6-20(29-21)14-26-11-10-24-17-26)27-13-19-12-25-15-23(19,16-27)9-8-18-4-2-1-3-5-18;;/h1-7,10-11,17,19,25H,8-9,12-16H2;2*1H. The molecule has 1 N–H and O–H groups in total. The van der Waals surface area contributed by atoms with Gasteiger partial charge in [0.15, 0.2) is 5.76 Å². The summed E-state index contributed by atoms with van der Waals surface area (Å²) in [6, 6.07) is 14.3. The minimum atomic E-state index is 0. The van der Waals surface area contributed by atoms with Gasteiger partial charge in [0.2, 0.25) is 0 Å². The molecule has 0 radical (unpaired) electrons. The van der Waals surface area contributed by atoms with Crippen LogP contribution in [0.5, 0.6) is 0 Å². The summed E-state index contributed by atoms with van der Waals surface area (Å²) in [5.74, 6) is 1.73. The van der Waals surface area contributed by atoms with Crippen LogP contribution in [0, 0.1) is 11.3 Å². The Hall–Kier alpha value is -2.28. The first-order valence-electron chi connectivity index (χ1n) is 10.3. The summed E-state index contributed by atoms with van der Waals surface area (Å²) in [6.07, 6.45) is 7.52. The monoisotopic (exact) mass is 462 g/mol. The molecule has 4 heterocycles. The van der Waals surface area contributed by atoms with E-state index in [0.29, 0.717) is 18.2 Å². The number of rotatable bonds is 6. The second kappa shape index (κ2) is 9.90. The minimum Gasteiger partial charge on any atom is -0.454 e. The van der Waals surface area contributed by atoms with Gasteiger partial charge in [-0.3, -0.25) is 4.79 Å². The number of nitrogens with one attached hydrogen (secondary N) is 1. The second-order valence-electron chi connectivity index (χ2n) is 8.36. The van der Waals surface area contributed by atoms with Crippen LogP contribution in [0.15, 0.2) is 65.6 Å². The first-order chi connectivity index (χ1) is 14.2. The third kappa shape index (κ3) is 4.81. The maximum absolute atomic E-state index is 13.1. The van der Waals surface area contributed by atoms with Crippen molar-refractivity contribution < 1.29 is 9.21 Å². The third-order valence-corrected chi connectivity index (χ3v) is 6.49. The van der Waals surface area contributed by atoms with Crippen LogP contribution in [0.3, 0.4) is 0 Å². The van der Waals surface area contributed by atoms with E-state index in [1.54, 1.807) is 18.6 Å². The summed E-state index contributed by atoms with van der Waals surface area (Å²) < 4.78 is 7.79. The van der Waals surface area contributed by atoms with Gasteiger partial charge in [0.25, 0.3) is 5.91 Å². The number of carbonyl (C=O) groups excluding carboxylic acids is 1. The van der Waals surface area contributed by atoms with Crippen molar-refractivity contribution in [2.24, 2.45) is 11.3 Å². The lowest BCUT2D eigenvalue weighted by atomic mass is 9.76. The Labute approximate surface area is 194 Å². The van der Waals surface area contributed by atoms with Crippen LogP contribution in [-0.2, 0) is 13.0 Å². The molecule has 0 spiro atoms. The van der Waals surface area contributed by atoms with Gasteiger partial charge in [-0.25, -0.2) is 4.98 Å². The van der Waals surface area contributed by atoms with Gasteiger partial charge < -0.3 is 19.2 Å². The lowest BCUT2D eigenvalue weighted by Gasteiger charge is -2.28. The van der Waals surface area contributed by atoms with Crippen molar-refractivity contribution in [1.82, 2.24) is 19.8 Å². The zero-order chi connectivity index (χ0) is 19.7. The molecule has 2 saturated heterocycles. The number of nitrogens with zero attached hydrogens (tertiary/aromatic N) is 3. The fourth-order valence-corrected chi connectivity index (χ4v) is 4.87. The van der Waals surface area contributed by atoms with Crippen LogP contribution < -0.4 is 5.32 Å². The van der Waals surface area contributed by atoms with Gasteiger partial charge in [0.05, 0.1) is 12.9 Å². The average Bonchev–Trinajstić information content (AvgIpc) is 3.51. The largest absolute Gasteiger partial charge is 0.454 e. The summed E-state index contributed by atoms with van der Waals surface area (Å²) >= 11 is 0. The smallest absolute Gasteiger partial charge is 0.289 e. The van der Waals surface area contributed by atoms with E-state index in [1.165, 1.54) is 5.56 Å². The van der Waals surface area contributed by atoms with Crippen LogP contribution in [0.1, 0.15) is 28.3 Å². The van der Waals surface area contributed by atoms with Gasteiger partial charge in [0.1, 0.15) is 5.76 Å². The molecule has 31 heavy (non-hydrogen) atoms. The Kier molecular flexibility index (Phi) is 7.46. The molecule has 0 bridgehead atoms. The lowest BCUT2D eigenvalue weighted by molar-refractivity contribution is 0.0735. The number of hydrogen-bond acceptors (Lipinski definition) is 4. The van der Waals surface area contributed by atoms with Crippen LogP contribution >= 0.6 is 24.8 Å². The van der Waals surface area contributed by atoms with Crippen molar-refractivity contribution >= 4 is 30.7 Å². The number of aryl methyl sites for hydroxylation is 1. The molecule has 2 aliphatic heterocycles. The molecule has 0 aliphatic carbocycles. The maximum atomic E-state index is 13.1. The predicted molar refractivity (Wildman–Crippen MR) is 124 cm³/mol. The molecule has 2 unspecified atom stereocenters. The summed E-state index contributed by atoms with van der Waals surface area (Å²) in [5, 5.41) is 3.56. The Morgan fingerprint density at radius 3 is 2.81 bits per heavy atom.